The third kappa shape index (κ3) is 7.25. The Morgan fingerprint density at radius 2 is 1.60 bits per heavy atom. The third-order valence-electron chi connectivity index (χ3n) is 6.52. The van der Waals surface area contributed by atoms with Crippen molar-refractivity contribution in [1.82, 2.24) is 19.5 Å². The van der Waals surface area contributed by atoms with E-state index in [0.29, 0.717) is 22.3 Å². The largest absolute Gasteiger partial charge is 0.497 e. The van der Waals surface area contributed by atoms with Crippen molar-refractivity contribution < 1.29 is 22.5 Å². The summed E-state index contributed by atoms with van der Waals surface area (Å²) in [6.45, 7) is 0. The summed E-state index contributed by atoms with van der Waals surface area (Å²) >= 11 is 1.32. The molecule has 13 heteroatoms. The molecular weight excluding hydrogens is 593 g/mol. The SMILES string of the molecule is COc1ccc(S(=O)(=O)NC(Cc2ccccc2)c2nnc(SCc3ccc(F)cc3)n2-c2ccc([N+](=O)[O-])cc2)cc1. The van der Waals surface area contributed by atoms with Gasteiger partial charge in [-0.3, -0.25) is 14.7 Å². The molecule has 220 valence electrons. The van der Waals surface area contributed by atoms with Crippen LogP contribution in [0.1, 0.15) is 23.0 Å². The number of non-ortho nitro benzene ring substituents is 1. The quantitative estimate of drug-likeness (QED) is 0.104. The monoisotopic (exact) mass is 619 g/mol. The van der Waals surface area contributed by atoms with Crippen molar-refractivity contribution in [2.45, 2.75) is 28.3 Å². The van der Waals surface area contributed by atoms with Crippen LogP contribution in [0.4, 0.5) is 10.1 Å². The van der Waals surface area contributed by atoms with E-state index < -0.39 is 21.0 Å². The van der Waals surface area contributed by atoms with E-state index in [1.165, 1.54) is 55.3 Å². The molecule has 1 N–H and O–H groups in total. The molecular formula is C30H26FN5O5S2. The zero-order valence-corrected chi connectivity index (χ0v) is 24.5. The van der Waals surface area contributed by atoms with Crippen LogP contribution in [0.3, 0.4) is 0 Å². The second-order valence-electron chi connectivity index (χ2n) is 9.40. The number of hydrogen-bond acceptors (Lipinski definition) is 8. The molecule has 0 aliphatic heterocycles. The number of aromatic nitrogens is 3. The molecule has 0 radical (unpaired) electrons. The molecule has 0 saturated heterocycles. The Hall–Kier alpha value is -4.59. The Labute approximate surface area is 251 Å². The molecule has 43 heavy (non-hydrogen) atoms. The summed E-state index contributed by atoms with van der Waals surface area (Å²) in [4.78, 5) is 10.9. The number of ether oxygens (including phenoxy) is 1. The minimum atomic E-state index is -4.04. The predicted molar refractivity (Wildman–Crippen MR) is 160 cm³/mol. The standard InChI is InChI=1S/C30H26FN5O5S2/c1-41-26-15-17-27(18-16-26)43(39,40)34-28(19-21-5-3-2-4-6-21)29-32-33-30(42-20-22-7-9-23(31)10-8-22)35(29)24-11-13-25(14-12-24)36(37)38/h2-18,28,34H,19-20H2,1H3. The van der Waals surface area contributed by atoms with Gasteiger partial charge in [-0.1, -0.05) is 54.2 Å². The first-order valence-corrected chi connectivity index (χ1v) is 15.5. The minimum absolute atomic E-state index is 0.0404. The summed E-state index contributed by atoms with van der Waals surface area (Å²) in [5, 5.41) is 20.6. The normalized spacial score (nSPS) is 12.1. The molecule has 0 aliphatic carbocycles. The van der Waals surface area contributed by atoms with Gasteiger partial charge in [0.05, 0.1) is 23.0 Å². The Morgan fingerprint density at radius 3 is 2.23 bits per heavy atom. The fourth-order valence-corrected chi connectivity index (χ4v) is 6.45. The average Bonchev–Trinajstić information content (AvgIpc) is 3.45. The van der Waals surface area contributed by atoms with Crippen LogP contribution in [0.2, 0.25) is 0 Å². The summed E-state index contributed by atoms with van der Waals surface area (Å²) in [6.07, 6.45) is 0.240. The first kappa shape index (κ1) is 29.9. The second-order valence-corrected chi connectivity index (χ2v) is 12.1. The molecule has 1 atom stereocenters. The molecule has 1 heterocycles. The molecule has 0 spiro atoms. The van der Waals surface area contributed by atoms with Gasteiger partial charge in [-0.05, 0) is 66.1 Å². The number of halogens is 1. The summed E-state index contributed by atoms with van der Waals surface area (Å²) in [6, 6.07) is 26.4. The lowest BCUT2D eigenvalue weighted by Gasteiger charge is -2.20. The maximum absolute atomic E-state index is 13.6. The van der Waals surface area contributed by atoms with Crippen LogP contribution in [0.15, 0.2) is 113 Å². The van der Waals surface area contributed by atoms with E-state index in [2.05, 4.69) is 14.9 Å². The fourth-order valence-electron chi connectivity index (χ4n) is 4.34. The molecule has 0 aliphatic rings. The van der Waals surface area contributed by atoms with Crippen molar-refractivity contribution in [1.29, 1.82) is 0 Å². The Bertz CT molecular complexity index is 1800. The van der Waals surface area contributed by atoms with Crippen LogP contribution in [-0.4, -0.2) is 35.2 Å². The van der Waals surface area contributed by atoms with Gasteiger partial charge in [0.2, 0.25) is 10.0 Å². The molecule has 1 aromatic heterocycles. The number of sulfonamides is 1. The van der Waals surface area contributed by atoms with E-state index in [4.69, 9.17) is 4.74 Å². The van der Waals surface area contributed by atoms with E-state index in [1.807, 2.05) is 30.3 Å². The predicted octanol–water partition coefficient (Wildman–Crippen LogP) is 5.88. The highest BCUT2D eigenvalue weighted by Gasteiger charge is 2.28. The highest BCUT2D eigenvalue weighted by atomic mass is 32.2. The zero-order valence-electron chi connectivity index (χ0n) is 22.8. The van der Waals surface area contributed by atoms with Gasteiger partial charge in [0, 0.05) is 23.6 Å². The van der Waals surface area contributed by atoms with Crippen LogP contribution < -0.4 is 9.46 Å². The minimum Gasteiger partial charge on any atom is -0.497 e. The molecule has 0 saturated carbocycles. The number of benzene rings is 4. The van der Waals surface area contributed by atoms with E-state index in [1.54, 1.807) is 41.0 Å². The molecule has 10 nitrogen and oxygen atoms in total. The summed E-state index contributed by atoms with van der Waals surface area (Å²) in [5.41, 5.74) is 2.10. The van der Waals surface area contributed by atoms with Crippen molar-refractivity contribution in [2.24, 2.45) is 0 Å². The van der Waals surface area contributed by atoms with E-state index in [0.717, 1.165) is 11.1 Å². The number of nitro groups is 1. The van der Waals surface area contributed by atoms with Crippen molar-refractivity contribution >= 4 is 27.5 Å². The smallest absolute Gasteiger partial charge is 0.269 e. The molecule has 0 bridgehead atoms. The van der Waals surface area contributed by atoms with Gasteiger partial charge in [-0.2, -0.15) is 0 Å². The van der Waals surface area contributed by atoms with Gasteiger partial charge in [0.25, 0.3) is 5.69 Å². The van der Waals surface area contributed by atoms with E-state index in [9.17, 15) is 22.9 Å². The topological polar surface area (TPSA) is 129 Å². The number of nitrogens with zero attached hydrogens (tertiary/aromatic N) is 4. The van der Waals surface area contributed by atoms with Gasteiger partial charge in [0.1, 0.15) is 11.6 Å². The Morgan fingerprint density at radius 1 is 0.930 bits per heavy atom. The maximum Gasteiger partial charge on any atom is 0.269 e. The number of nitro benzene ring substituents is 1. The summed E-state index contributed by atoms with van der Waals surface area (Å²) < 4.78 is 50.3. The van der Waals surface area contributed by atoms with Crippen molar-refractivity contribution in [2.75, 3.05) is 7.11 Å². The zero-order chi connectivity index (χ0) is 30.4. The Kier molecular flexibility index (Phi) is 9.14. The van der Waals surface area contributed by atoms with Crippen LogP contribution in [-0.2, 0) is 22.2 Å². The summed E-state index contributed by atoms with van der Waals surface area (Å²) in [7, 11) is -2.54. The highest BCUT2D eigenvalue weighted by Crippen LogP contribution is 2.31. The lowest BCUT2D eigenvalue weighted by atomic mass is 10.1. The number of nitrogens with one attached hydrogen (secondary N) is 1. The number of rotatable bonds is 12. The van der Waals surface area contributed by atoms with E-state index >= 15 is 0 Å². The molecule has 0 amide bonds. The van der Waals surface area contributed by atoms with Crippen LogP contribution in [0, 0.1) is 15.9 Å². The first-order valence-electron chi connectivity index (χ1n) is 13.0. The van der Waals surface area contributed by atoms with Crippen molar-refractivity contribution in [3.8, 4) is 11.4 Å². The van der Waals surface area contributed by atoms with Crippen LogP contribution in [0.25, 0.3) is 5.69 Å². The Balaban J connectivity index is 1.57. The maximum atomic E-state index is 13.6. The van der Waals surface area contributed by atoms with Crippen LogP contribution >= 0.6 is 11.8 Å². The molecule has 5 aromatic rings. The number of thioether (sulfide) groups is 1. The number of hydrogen-bond donors (Lipinski definition) is 1. The van der Waals surface area contributed by atoms with E-state index in [-0.39, 0.29) is 28.6 Å². The fraction of sp³-hybridized carbons (Fsp3) is 0.133. The lowest BCUT2D eigenvalue weighted by molar-refractivity contribution is -0.384. The van der Waals surface area contributed by atoms with Gasteiger partial charge < -0.3 is 4.74 Å². The first-order chi connectivity index (χ1) is 20.7. The van der Waals surface area contributed by atoms with Gasteiger partial charge in [-0.25, -0.2) is 17.5 Å². The molecule has 5 rings (SSSR count). The average molecular weight is 620 g/mol. The third-order valence-corrected chi connectivity index (χ3v) is 9.01. The van der Waals surface area contributed by atoms with Crippen molar-refractivity contribution in [3.05, 3.63) is 136 Å². The van der Waals surface area contributed by atoms with Crippen LogP contribution in [0.5, 0.6) is 5.75 Å². The van der Waals surface area contributed by atoms with Gasteiger partial charge in [0.15, 0.2) is 11.0 Å². The van der Waals surface area contributed by atoms with Gasteiger partial charge >= 0.3 is 0 Å². The van der Waals surface area contributed by atoms with Gasteiger partial charge in [-0.15, -0.1) is 10.2 Å². The summed E-state index contributed by atoms with van der Waals surface area (Å²) in [5.74, 6) is 0.877. The number of methoxy groups -OCH3 is 1. The highest BCUT2D eigenvalue weighted by molar-refractivity contribution is 7.98. The molecule has 0 fully saturated rings. The lowest BCUT2D eigenvalue weighted by Crippen LogP contribution is -2.32. The molecule has 4 aromatic carbocycles. The molecule has 1 unspecified atom stereocenters. The second kappa shape index (κ2) is 13.2. The van der Waals surface area contributed by atoms with Crippen molar-refractivity contribution in [3.63, 3.8) is 0 Å².